The first-order chi connectivity index (χ1) is 16.1. The van der Waals surface area contributed by atoms with Crippen LogP contribution in [-0.4, -0.2) is 45.0 Å². The van der Waals surface area contributed by atoms with E-state index < -0.39 is 41.7 Å². The minimum absolute atomic E-state index is 0.0330. The van der Waals surface area contributed by atoms with Gasteiger partial charge in [-0.15, -0.1) is 0 Å². The van der Waals surface area contributed by atoms with E-state index in [1.54, 1.807) is 17.6 Å². The van der Waals surface area contributed by atoms with Crippen molar-refractivity contribution in [2.45, 2.75) is 25.6 Å². The molecule has 3 aromatic rings. The van der Waals surface area contributed by atoms with Crippen LogP contribution in [0.25, 0.3) is 5.65 Å². The summed E-state index contributed by atoms with van der Waals surface area (Å²) < 4.78 is 51.8. The number of anilines is 1. The number of amides is 3. The number of benzene rings is 1. The summed E-state index contributed by atoms with van der Waals surface area (Å²) in [6.45, 7) is -1.47. The zero-order valence-corrected chi connectivity index (χ0v) is 17.3. The van der Waals surface area contributed by atoms with Gasteiger partial charge >= 0.3 is 6.18 Å². The smallest absolute Gasteiger partial charge is 0.347 e. The lowest BCUT2D eigenvalue weighted by Crippen LogP contribution is -2.43. The SMILES string of the molecule is O=C1CCc2ccc(CNC(=O)c3cc(C(=O)NNCC(F)(F)F)n4ncc(F)c4n3)cc2N1. The lowest BCUT2D eigenvalue weighted by Gasteiger charge is -2.17. The molecule has 0 unspecified atom stereocenters. The van der Waals surface area contributed by atoms with Gasteiger partial charge in [-0.05, 0) is 23.6 Å². The number of carbonyl (C=O) groups excluding carboxylic acids is 3. The molecule has 0 bridgehead atoms. The Kier molecular flexibility index (Phi) is 6.15. The third kappa shape index (κ3) is 5.11. The first-order valence-corrected chi connectivity index (χ1v) is 9.95. The van der Waals surface area contributed by atoms with Crippen molar-refractivity contribution in [1.82, 2.24) is 30.8 Å². The molecule has 1 aromatic carbocycles. The van der Waals surface area contributed by atoms with Crippen LogP contribution >= 0.6 is 0 Å². The monoisotopic (exact) mass is 479 g/mol. The quantitative estimate of drug-likeness (QED) is 0.313. The van der Waals surface area contributed by atoms with Gasteiger partial charge in [0.15, 0.2) is 11.5 Å². The number of nitrogens with zero attached hydrogens (tertiary/aromatic N) is 3. The van der Waals surface area contributed by atoms with Crippen LogP contribution in [0.15, 0.2) is 30.5 Å². The van der Waals surface area contributed by atoms with E-state index in [0.717, 1.165) is 22.3 Å². The maximum absolute atomic E-state index is 14.1. The van der Waals surface area contributed by atoms with Gasteiger partial charge in [0.05, 0.1) is 6.20 Å². The number of hydrazine groups is 1. The van der Waals surface area contributed by atoms with Crippen molar-refractivity contribution in [3.05, 3.63) is 58.8 Å². The Balaban J connectivity index is 1.51. The summed E-state index contributed by atoms with van der Waals surface area (Å²) in [6, 6.07) is 6.30. The highest BCUT2D eigenvalue weighted by molar-refractivity contribution is 5.98. The molecule has 0 radical (unpaired) electrons. The molecule has 0 spiro atoms. The van der Waals surface area contributed by atoms with Crippen LogP contribution in [0.3, 0.4) is 0 Å². The Morgan fingerprint density at radius 1 is 1.15 bits per heavy atom. The average Bonchev–Trinajstić information content (AvgIpc) is 3.16. The fraction of sp³-hybridized carbons (Fsp3) is 0.250. The summed E-state index contributed by atoms with van der Waals surface area (Å²) in [4.78, 5) is 40.5. The van der Waals surface area contributed by atoms with Crippen LogP contribution in [0.2, 0.25) is 0 Å². The largest absolute Gasteiger partial charge is 0.402 e. The van der Waals surface area contributed by atoms with E-state index in [9.17, 15) is 31.9 Å². The number of nitrogens with one attached hydrogen (secondary N) is 4. The van der Waals surface area contributed by atoms with Crippen LogP contribution in [0.1, 0.15) is 38.5 Å². The molecular formula is C20H17F4N7O3. The fourth-order valence-corrected chi connectivity index (χ4v) is 3.30. The topological polar surface area (TPSA) is 130 Å². The minimum atomic E-state index is -4.58. The van der Waals surface area contributed by atoms with E-state index in [1.807, 2.05) is 11.5 Å². The predicted molar refractivity (Wildman–Crippen MR) is 109 cm³/mol. The number of aryl methyl sites for hydroxylation is 1. The van der Waals surface area contributed by atoms with Crippen LogP contribution in [-0.2, 0) is 17.8 Å². The van der Waals surface area contributed by atoms with E-state index in [-0.39, 0.29) is 18.1 Å². The van der Waals surface area contributed by atoms with E-state index in [4.69, 9.17) is 0 Å². The number of rotatable bonds is 6. The molecule has 0 fully saturated rings. The van der Waals surface area contributed by atoms with Crippen LogP contribution in [0.4, 0.5) is 23.2 Å². The Hall–Kier alpha value is -4.07. The molecule has 0 aliphatic carbocycles. The van der Waals surface area contributed by atoms with Gasteiger partial charge in [-0.25, -0.2) is 19.3 Å². The predicted octanol–water partition coefficient (Wildman–Crippen LogP) is 1.48. The van der Waals surface area contributed by atoms with Crippen molar-refractivity contribution in [1.29, 1.82) is 0 Å². The molecule has 1 aliphatic rings. The van der Waals surface area contributed by atoms with Gasteiger partial charge < -0.3 is 10.6 Å². The number of carbonyl (C=O) groups is 3. The highest BCUT2D eigenvalue weighted by Gasteiger charge is 2.27. The summed E-state index contributed by atoms with van der Waals surface area (Å²) >= 11 is 0. The number of alkyl halides is 3. The average molecular weight is 479 g/mol. The first kappa shape index (κ1) is 23.1. The molecule has 10 nitrogen and oxygen atoms in total. The van der Waals surface area contributed by atoms with Crippen molar-refractivity contribution in [3.8, 4) is 0 Å². The summed E-state index contributed by atoms with van der Waals surface area (Å²) in [7, 11) is 0. The van der Waals surface area contributed by atoms with Gasteiger partial charge in [0, 0.05) is 24.7 Å². The molecule has 14 heteroatoms. The molecule has 4 N–H and O–H groups in total. The van der Waals surface area contributed by atoms with Gasteiger partial charge in [0.2, 0.25) is 5.91 Å². The minimum Gasteiger partial charge on any atom is -0.347 e. The van der Waals surface area contributed by atoms with Crippen molar-refractivity contribution >= 4 is 29.1 Å². The van der Waals surface area contributed by atoms with Gasteiger partial charge in [-0.1, -0.05) is 12.1 Å². The Morgan fingerprint density at radius 2 is 1.94 bits per heavy atom. The maximum Gasteiger partial charge on any atom is 0.402 e. The zero-order valence-electron chi connectivity index (χ0n) is 17.3. The normalized spacial score (nSPS) is 13.4. The summed E-state index contributed by atoms with van der Waals surface area (Å²) in [5, 5.41) is 8.97. The van der Waals surface area contributed by atoms with Gasteiger partial charge in [0.25, 0.3) is 11.8 Å². The number of halogens is 4. The highest BCUT2D eigenvalue weighted by Crippen LogP contribution is 2.23. The lowest BCUT2D eigenvalue weighted by molar-refractivity contribution is -0.126. The maximum atomic E-state index is 14.1. The second-order valence-electron chi connectivity index (χ2n) is 7.40. The number of hydrogen-bond acceptors (Lipinski definition) is 6. The lowest BCUT2D eigenvalue weighted by atomic mass is 10.0. The van der Waals surface area contributed by atoms with Crippen molar-refractivity contribution in [2.75, 3.05) is 11.9 Å². The third-order valence-electron chi connectivity index (χ3n) is 4.91. The van der Waals surface area contributed by atoms with Crippen molar-refractivity contribution in [3.63, 3.8) is 0 Å². The molecule has 4 rings (SSSR count). The first-order valence-electron chi connectivity index (χ1n) is 9.95. The molecule has 34 heavy (non-hydrogen) atoms. The van der Waals surface area contributed by atoms with Gasteiger partial charge in [-0.2, -0.15) is 18.3 Å². The number of fused-ring (bicyclic) bond motifs is 2. The Bertz CT molecular complexity index is 1290. The fourth-order valence-electron chi connectivity index (χ4n) is 3.30. The standard InChI is InChI=1S/C20H17F4N7O3/c21-12-8-27-31-15(19(34)30-26-9-20(22,23)24)6-14(29-17(12)31)18(33)25-7-10-1-2-11-3-4-16(32)28-13(11)5-10/h1-2,5-6,8,26H,3-4,7,9H2,(H,25,33)(H,28,32)(H,30,34). The van der Waals surface area contributed by atoms with Gasteiger partial charge in [-0.3, -0.25) is 19.8 Å². The molecule has 178 valence electrons. The molecule has 2 aromatic heterocycles. The van der Waals surface area contributed by atoms with Crippen LogP contribution < -0.4 is 21.5 Å². The van der Waals surface area contributed by atoms with E-state index in [0.29, 0.717) is 24.1 Å². The molecule has 3 heterocycles. The number of aromatic nitrogens is 3. The second kappa shape index (κ2) is 9.05. The van der Waals surface area contributed by atoms with Crippen molar-refractivity contribution in [2.24, 2.45) is 0 Å². The molecular weight excluding hydrogens is 462 g/mol. The van der Waals surface area contributed by atoms with E-state index in [1.165, 1.54) is 0 Å². The Labute approximate surface area is 188 Å². The molecule has 1 aliphatic heterocycles. The molecule has 0 saturated heterocycles. The highest BCUT2D eigenvalue weighted by atomic mass is 19.4. The summed E-state index contributed by atoms with van der Waals surface area (Å²) in [6.07, 6.45) is -2.82. The van der Waals surface area contributed by atoms with Crippen molar-refractivity contribution < 1.29 is 31.9 Å². The van der Waals surface area contributed by atoms with Crippen LogP contribution in [0.5, 0.6) is 0 Å². The molecule has 3 amide bonds. The zero-order chi connectivity index (χ0) is 24.5. The van der Waals surface area contributed by atoms with E-state index in [2.05, 4.69) is 20.7 Å². The molecule has 0 saturated carbocycles. The summed E-state index contributed by atoms with van der Waals surface area (Å²) in [5.74, 6) is -2.89. The van der Waals surface area contributed by atoms with E-state index >= 15 is 0 Å². The second-order valence-corrected chi connectivity index (χ2v) is 7.40. The number of hydrogen-bond donors (Lipinski definition) is 4. The van der Waals surface area contributed by atoms with Gasteiger partial charge in [0.1, 0.15) is 17.9 Å². The molecule has 0 atom stereocenters. The third-order valence-corrected chi connectivity index (χ3v) is 4.91. The Morgan fingerprint density at radius 3 is 2.71 bits per heavy atom. The summed E-state index contributed by atoms with van der Waals surface area (Å²) in [5.41, 5.74) is 4.60. The van der Waals surface area contributed by atoms with Crippen LogP contribution in [0, 0.1) is 5.82 Å².